The molecule has 0 saturated carbocycles. The molecule has 0 aromatic heterocycles. The Hall–Kier alpha value is -0.770. The van der Waals surface area contributed by atoms with Crippen molar-refractivity contribution in [1.29, 1.82) is 0 Å². The van der Waals surface area contributed by atoms with Crippen LogP contribution in [0.15, 0.2) is 18.2 Å². The molecule has 15 heavy (non-hydrogen) atoms. The fourth-order valence-corrected chi connectivity index (χ4v) is 1.72. The summed E-state index contributed by atoms with van der Waals surface area (Å²) in [6, 6.07) is 4.51. The number of nitrogens with two attached hydrogens (primary N) is 1. The van der Waals surface area contributed by atoms with Gasteiger partial charge in [-0.15, -0.1) is 0 Å². The van der Waals surface area contributed by atoms with Crippen molar-refractivity contribution >= 4 is 29.2 Å². The van der Waals surface area contributed by atoms with Crippen molar-refractivity contribution in [2.45, 2.75) is 12.5 Å². The van der Waals surface area contributed by atoms with E-state index in [4.69, 9.17) is 28.9 Å². The minimum absolute atomic E-state index is 0.0951. The zero-order chi connectivity index (χ0) is 11.4. The monoisotopic (exact) mass is 247 g/mol. The maximum Gasteiger partial charge on any atom is 0.307 e. The van der Waals surface area contributed by atoms with Gasteiger partial charge in [-0.05, 0) is 17.7 Å². The van der Waals surface area contributed by atoms with Gasteiger partial charge in [0.05, 0.1) is 13.5 Å². The Morgan fingerprint density at radius 3 is 2.73 bits per heavy atom. The van der Waals surface area contributed by atoms with Crippen molar-refractivity contribution in [3.63, 3.8) is 0 Å². The van der Waals surface area contributed by atoms with Crippen LogP contribution in [0.4, 0.5) is 0 Å². The molecule has 0 aliphatic carbocycles. The molecule has 1 atom stereocenters. The predicted octanol–water partition coefficient (Wildman–Crippen LogP) is 2.56. The Balaban J connectivity index is 2.82. The average molecular weight is 248 g/mol. The van der Waals surface area contributed by atoms with Crippen LogP contribution < -0.4 is 5.73 Å². The lowest BCUT2D eigenvalue weighted by molar-refractivity contribution is -0.141. The van der Waals surface area contributed by atoms with Gasteiger partial charge in [0.1, 0.15) is 0 Å². The number of carbonyl (C=O) groups excluding carboxylic acids is 1. The van der Waals surface area contributed by atoms with Gasteiger partial charge in [0, 0.05) is 16.1 Å². The molecule has 1 unspecified atom stereocenters. The van der Waals surface area contributed by atoms with E-state index >= 15 is 0 Å². The van der Waals surface area contributed by atoms with Crippen LogP contribution in [0, 0.1) is 0 Å². The van der Waals surface area contributed by atoms with Gasteiger partial charge >= 0.3 is 5.97 Å². The molecule has 0 aliphatic heterocycles. The first kappa shape index (κ1) is 12.3. The van der Waals surface area contributed by atoms with Gasteiger partial charge in [-0.3, -0.25) is 4.79 Å². The zero-order valence-corrected chi connectivity index (χ0v) is 9.68. The molecular formula is C10H11Cl2NO2. The largest absolute Gasteiger partial charge is 0.469 e. The van der Waals surface area contributed by atoms with E-state index in [0.29, 0.717) is 15.6 Å². The van der Waals surface area contributed by atoms with E-state index in [0.717, 1.165) is 0 Å². The molecule has 0 fully saturated rings. The number of carbonyl (C=O) groups is 1. The highest BCUT2D eigenvalue weighted by molar-refractivity contribution is 6.35. The summed E-state index contributed by atoms with van der Waals surface area (Å²) in [5, 5.41) is 0.993. The number of hydrogen-bond donors (Lipinski definition) is 1. The Morgan fingerprint density at radius 1 is 1.53 bits per heavy atom. The number of rotatable bonds is 3. The molecule has 2 N–H and O–H groups in total. The van der Waals surface area contributed by atoms with Crippen molar-refractivity contribution in [3.8, 4) is 0 Å². The first-order valence-corrected chi connectivity index (χ1v) is 5.07. The molecule has 0 aliphatic rings. The van der Waals surface area contributed by atoms with E-state index in [1.807, 2.05) is 0 Å². The molecule has 0 radical (unpaired) electrons. The normalized spacial score (nSPS) is 12.3. The van der Waals surface area contributed by atoms with Crippen LogP contribution in [0.25, 0.3) is 0 Å². The maximum absolute atomic E-state index is 11.0. The number of ether oxygens (including phenoxy) is 1. The third-order valence-electron chi connectivity index (χ3n) is 1.98. The summed E-state index contributed by atoms with van der Waals surface area (Å²) >= 11 is 11.7. The first-order valence-electron chi connectivity index (χ1n) is 4.32. The second kappa shape index (κ2) is 5.35. The summed E-state index contributed by atoms with van der Waals surface area (Å²) in [5.41, 5.74) is 6.48. The minimum Gasteiger partial charge on any atom is -0.469 e. The lowest BCUT2D eigenvalue weighted by Crippen LogP contribution is -2.16. The van der Waals surface area contributed by atoms with Crippen LogP contribution in [-0.4, -0.2) is 13.1 Å². The average Bonchev–Trinajstić information content (AvgIpc) is 2.17. The molecule has 1 rings (SSSR count). The van der Waals surface area contributed by atoms with Crippen molar-refractivity contribution in [2.24, 2.45) is 5.73 Å². The SMILES string of the molecule is COC(=O)CC(N)c1ccc(Cl)cc1Cl. The number of benzene rings is 1. The van der Waals surface area contributed by atoms with E-state index < -0.39 is 6.04 Å². The molecule has 0 amide bonds. The summed E-state index contributed by atoms with van der Waals surface area (Å²) in [7, 11) is 1.32. The zero-order valence-electron chi connectivity index (χ0n) is 8.17. The van der Waals surface area contributed by atoms with Crippen LogP contribution in [0.3, 0.4) is 0 Å². The molecule has 82 valence electrons. The van der Waals surface area contributed by atoms with E-state index in [-0.39, 0.29) is 12.4 Å². The Bertz CT molecular complexity index is 368. The van der Waals surface area contributed by atoms with Gasteiger partial charge in [-0.1, -0.05) is 29.3 Å². The van der Waals surface area contributed by atoms with Gasteiger partial charge in [0.25, 0.3) is 0 Å². The Kier molecular flexibility index (Phi) is 4.39. The molecule has 0 saturated heterocycles. The van der Waals surface area contributed by atoms with Gasteiger partial charge in [-0.25, -0.2) is 0 Å². The van der Waals surface area contributed by atoms with Gasteiger partial charge in [0.2, 0.25) is 0 Å². The van der Waals surface area contributed by atoms with Crippen molar-refractivity contribution < 1.29 is 9.53 Å². The van der Waals surface area contributed by atoms with E-state index in [2.05, 4.69) is 4.74 Å². The second-order valence-electron chi connectivity index (χ2n) is 3.05. The van der Waals surface area contributed by atoms with Gasteiger partial charge in [-0.2, -0.15) is 0 Å². The number of esters is 1. The van der Waals surface area contributed by atoms with Crippen LogP contribution in [0.2, 0.25) is 10.0 Å². The molecule has 1 aromatic carbocycles. The number of methoxy groups -OCH3 is 1. The van der Waals surface area contributed by atoms with E-state index in [1.165, 1.54) is 7.11 Å². The Morgan fingerprint density at radius 2 is 2.20 bits per heavy atom. The van der Waals surface area contributed by atoms with Gasteiger partial charge in [0.15, 0.2) is 0 Å². The molecule has 5 heteroatoms. The van der Waals surface area contributed by atoms with Crippen molar-refractivity contribution in [1.82, 2.24) is 0 Å². The summed E-state index contributed by atoms with van der Waals surface area (Å²) in [6.07, 6.45) is 0.0951. The van der Waals surface area contributed by atoms with Crippen LogP contribution in [-0.2, 0) is 9.53 Å². The first-order chi connectivity index (χ1) is 7.04. The minimum atomic E-state index is -0.470. The van der Waals surface area contributed by atoms with Crippen LogP contribution in [0.5, 0.6) is 0 Å². The smallest absolute Gasteiger partial charge is 0.307 e. The molecule has 0 heterocycles. The van der Waals surface area contributed by atoms with Gasteiger partial charge < -0.3 is 10.5 Å². The lowest BCUT2D eigenvalue weighted by atomic mass is 10.1. The van der Waals surface area contributed by atoms with E-state index in [1.54, 1.807) is 18.2 Å². The molecule has 3 nitrogen and oxygen atoms in total. The summed E-state index contributed by atoms with van der Waals surface area (Å²) in [4.78, 5) is 11.0. The summed E-state index contributed by atoms with van der Waals surface area (Å²) in [5.74, 6) is -0.367. The lowest BCUT2D eigenvalue weighted by Gasteiger charge is -2.12. The van der Waals surface area contributed by atoms with Crippen molar-refractivity contribution in [2.75, 3.05) is 7.11 Å². The Labute approximate surface area is 98.1 Å². The highest BCUT2D eigenvalue weighted by Gasteiger charge is 2.14. The van der Waals surface area contributed by atoms with Crippen molar-refractivity contribution in [3.05, 3.63) is 33.8 Å². The fourth-order valence-electron chi connectivity index (χ4n) is 1.18. The molecule has 0 spiro atoms. The molecule has 0 bridgehead atoms. The highest BCUT2D eigenvalue weighted by Crippen LogP contribution is 2.26. The topological polar surface area (TPSA) is 52.3 Å². The highest BCUT2D eigenvalue weighted by atomic mass is 35.5. The summed E-state index contributed by atoms with van der Waals surface area (Å²) < 4.78 is 4.52. The quantitative estimate of drug-likeness (QED) is 0.836. The van der Waals surface area contributed by atoms with Crippen LogP contribution >= 0.6 is 23.2 Å². The summed E-state index contributed by atoms with van der Waals surface area (Å²) in [6.45, 7) is 0. The van der Waals surface area contributed by atoms with Crippen LogP contribution in [0.1, 0.15) is 18.0 Å². The number of halogens is 2. The maximum atomic E-state index is 11.0. The number of hydrogen-bond acceptors (Lipinski definition) is 3. The fraction of sp³-hybridized carbons (Fsp3) is 0.300. The molecule has 1 aromatic rings. The second-order valence-corrected chi connectivity index (χ2v) is 3.90. The third kappa shape index (κ3) is 3.38. The third-order valence-corrected chi connectivity index (χ3v) is 2.54. The van der Waals surface area contributed by atoms with E-state index in [9.17, 15) is 4.79 Å². The standard InChI is InChI=1S/C10H11Cl2NO2/c1-15-10(14)5-9(13)7-3-2-6(11)4-8(7)12/h2-4,9H,5,13H2,1H3. The predicted molar refractivity (Wildman–Crippen MR) is 60.0 cm³/mol. The molecular weight excluding hydrogens is 237 g/mol.